The molecule has 0 atom stereocenters. The molecule has 0 saturated carbocycles. The van der Waals surface area contributed by atoms with Crippen LogP contribution in [0.15, 0.2) is 29.2 Å². The highest BCUT2D eigenvalue weighted by Crippen LogP contribution is 2.27. The molecular formula is C16H23ClO2S. The van der Waals surface area contributed by atoms with Crippen LogP contribution in [0, 0.1) is 0 Å². The largest absolute Gasteiger partial charge is 0.478 e. The van der Waals surface area contributed by atoms with Crippen LogP contribution >= 0.6 is 24.2 Å². The Morgan fingerprint density at radius 3 is 2.65 bits per heavy atom. The number of hydrogen-bond donors (Lipinski definition) is 1. The van der Waals surface area contributed by atoms with Crippen LogP contribution in [0.3, 0.4) is 0 Å². The Bertz CT molecular complexity index is 444. The monoisotopic (exact) mass is 314 g/mol. The molecule has 0 spiro atoms. The summed E-state index contributed by atoms with van der Waals surface area (Å²) in [5.74, 6) is -0.902. The van der Waals surface area contributed by atoms with Crippen LogP contribution in [0.2, 0.25) is 0 Å². The number of rotatable bonds is 8. The van der Waals surface area contributed by atoms with Crippen LogP contribution in [0.5, 0.6) is 0 Å². The SMILES string of the molecule is CCCCCCc1cccc(C=CC(=O)O)c1SC.Cl. The molecule has 1 aromatic rings. The van der Waals surface area contributed by atoms with E-state index in [1.165, 1.54) is 42.2 Å². The van der Waals surface area contributed by atoms with Crippen molar-refractivity contribution in [2.45, 2.75) is 43.9 Å². The molecule has 0 fully saturated rings. The van der Waals surface area contributed by atoms with Crippen molar-refractivity contribution in [3.63, 3.8) is 0 Å². The Morgan fingerprint density at radius 2 is 2.05 bits per heavy atom. The maximum atomic E-state index is 10.6. The molecule has 0 unspecified atom stereocenters. The Kier molecular flexibility index (Phi) is 10.3. The van der Waals surface area contributed by atoms with Crippen molar-refractivity contribution in [2.24, 2.45) is 0 Å². The summed E-state index contributed by atoms with van der Waals surface area (Å²) in [6.45, 7) is 2.21. The van der Waals surface area contributed by atoms with Crippen LogP contribution in [-0.2, 0) is 11.2 Å². The van der Waals surface area contributed by atoms with E-state index in [4.69, 9.17) is 5.11 Å². The van der Waals surface area contributed by atoms with Gasteiger partial charge in [0.25, 0.3) is 0 Å². The Hall–Kier alpha value is -0.930. The Balaban J connectivity index is 0.00000361. The lowest BCUT2D eigenvalue weighted by molar-refractivity contribution is -0.131. The minimum absolute atomic E-state index is 0. The van der Waals surface area contributed by atoms with E-state index in [9.17, 15) is 4.79 Å². The molecule has 112 valence electrons. The van der Waals surface area contributed by atoms with Gasteiger partial charge in [0, 0.05) is 11.0 Å². The van der Waals surface area contributed by atoms with Crippen LogP contribution in [-0.4, -0.2) is 17.3 Å². The lowest BCUT2D eigenvalue weighted by Crippen LogP contribution is -1.93. The van der Waals surface area contributed by atoms with Crippen LogP contribution in [0.4, 0.5) is 0 Å². The molecule has 2 nitrogen and oxygen atoms in total. The first-order valence-corrected chi connectivity index (χ1v) is 7.98. The number of aryl methyl sites for hydroxylation is 1. The first-order chi connectivity index (χ1) is 9.19. The van der Waals surface area contributed by atoms with Gasteiger partial charge < -0.3 is 5.11 Å². The van der Waals surface area contributed by atoms with E-state index in [2.05, 4.69) is 13.0 Å². The van der Waals surface area contributed by atoms with Gasteiger partial charge in [0.15, 0.2) is 0 Å². The molecule has 1 N–H and O–H groups in total. The molecule has 20 heavy (non-hydrogen) atoms. The van der Waals surface area contributed by atoms with E-state index in [0.717, 1.165) is 12.0 Å². The number of unbranched alkanes of at least 4 members (excludes halogenated alkanes) is 3. The van der Waals surface area contributed by atoms with E-state index < -0.39 is 5.97 Å². The first-order valence-electron chi connectivity index (χ1n) is 6.76. The summed E-state index contributed by atoms with van der Waals surface area (Å²) < 4.78 is 0. The molecule has 0 saturated heterocycles. The molecule has 0 bridgehead atoms. The molecule has 0 aliphatic rings. The molecular weight excluding hydrogens is 292 g/mol. The topological polar surface area (TPSA) is 37.3 Å². The van der Waals surface area contributed by atoms with Gasteiger partial charge in [0.05, 0.1) is 0 Å². The van der Waals surface area contributed by atoms with Gasteiger partial charge in [-0.15, -0.1) is 24.2 Å². The van der Waals surface area contributed by atoms with E-state index in [-0.39, 0.29) is 12.4 Å². The fraction of sp³-hybridized carbons (Fsp3) is 0.438. The minimum Gasteiger partial charge on any atom is -0.478 e. The predicted molar refractivity (Wildman–Crippen MR) is 90.0 cm³/mol. The summed E-state index contributed by atoms with van der Waals surface area (Å²) in [5.41, 5.74) is 2.33. The number of carboxylic acid groups (broad SMARTS) is 1. The fourth-order valence-electron chi connectivity index (χ4n) is 2.09. The average Bonchev–Trinajstić information content (AvgIpc) is 2.41. The number of benzene rings is 1. The molecule has 0 aliphatic heterocycles. The zero-order valence-electron chi connectivity index (χ0n) is 12.1. The van der Waals surface area contributed by atoms with Crippen molar-refractivity contribution in [3.8, 4) is 0 Å². The molecule has 0 aliphatic carbocycles. The van der Waals surface area contributed by atoms with Crippen LogP contribution in [0.25, 0.3) is 6.08 Å². The van der Waals surface area contributed by atoms with Crippen molar-refractivity contribution in [2.75, 3.05) is 6.26 Å². The minimum atomic E-state index is -0.902. The van der Waals surface area contributed by atoms with E-state index in [1.807, 2.05) is 18.4 Å². The summed E-state index contributed by atoms with van der Waals surface area (Å²) in [7, 11) is 0. The number of carboxylic acids is 1. The van der Waals surface area contributed by atoms with Crippen molar-refractivity contribution < 1.29 is 9.90 Å². The molecule has 0 amide bonds. The highest BCUT2D eigenvalue weighted by Gasteiger charge is 2.05. The van der Waals surface area contributed by atoms with E-state index in [0.29, 0.717) is 0 Å². The second kappa shape index (κ2) is 10.8. The second-order valence-electron chi connectivity index (χ2n) is 4.52. The summed E-state index contributed by atoms with van der Waals surface area (Å²) in [6, 6.07) is 6.13. The summed E-state index contributed by atoms with van der Waals surface area (Å²) in [5, 5.41) is 8.71. The third kappa shape index (κ3) is 6.49. The maximum absolute atomic E-state index is 10.6. The predicted octanol–water partition coefficient (Wildman–Crippen LogP) is 5.05. The third-order valence-corrected chi connectivity index (χ3v) is 3.94. The standard InChI is InChI=1S/C16H22O2S.ClH/c1-3-4-5-6-8-13-9-7-10-14(16(13)19-2)11-12-15(17)18;/h7,9-12H,3-6,8H2,1-2H3,(H,17,18);1H. The lowest BCUT2D eigenvalue weighted by Gasteiger charge is -2.10. The normalized spacial score (nSPS) is 10.5. The zero-order chi connectivity index (χ0) is 14.1. The van der Waals surface area contributed by atoms with Gasteiger partial charge in [-0.3, -0.25) is 0 Å². The van der Waals surface area contributed by atoms with Gasteiger partial charge in [-0.05, 0) is 36.3 Å². The molecule has 0 radical (unpaired) electrons. The number of carbonyl (C=O) groups is 1. The Morgan fingerprint density at radius 1 is 1.30 bits per heavy atom. The maximum Gasteiger partial charge on any atom is 0.328 e. The quantitative estimate of drug-likeness (QED) is 0.414. The van der Waals surface area contributed by atoms with Crippen molar-refractivity contribution in [1.82, 2.24) is 0 Å². The highest BCUT2D eigenvalue weighted by molar-refractivity contribution is 7.98. The smallest absolute Gasteiger partial charge is 0.328 e. The highest BCUT2D eigenvalue weighted by atomic mass is 35.5. The average molecular weight is 315 g/mol. The molecule has 1 aromatic carbocycles. The number of hydrogen-bond acceptors (Lipinski definition) is 2. The fourth-order valence-corrected chi connectivity index (χ4v) is 2.89. The van der Waals surface area contributed by atoms with E-state index >= 15 is 0 Å². The molecule has 0 heterocycles. The molecule has 0 aromatic heterocycles. The number of aliphatic carboxylic acids is 1. The van der Waals surface area contributed by atoms with Crippen molar-refractivity contribution in [3.05, 3.63) is 35.4 Å². The summed E-state index contributed by atoms with van der Waals surface area (Å²) in [4.78, 5) is 11.8. The van der Waals surface area contributed by atoms with Gasteiger partial charge in [-0.2, -0.15) is 0 Å². The van der Waals surface area contributed by atoms with Gasteiger partial charge in [0.1, 0.15) is 0 Å². The first kappa shape index (κ1) is 19.1. The summed E-state index contributed by atoms with van der Waals surface area (Å²) in [6.07, 6.45) is 11.0. The lowest BCUT2D eigenvalue weighted by atomic mass is 10.0. The van der Waals surface area contributed by atoms with Crippen LogP contribution in [0.1, 0.15) is 43.7 Å². The zero-order valence-corrected chi connectivity index (χ0v) is 13.7. The Labute approximate surface area is 132 Å². The number of halogens is 1. The molecule has 4 heteroatoms. The van der Waals surface area contributed by atoms with Gasteiger partial charge in [-0.25, -0.2) is 4.79 Å². The number of thioether (sulfide) groups is 1. The van der Waals surface area contributed by atoms with Crippen molar-refractivity contribution >= 4 is 36.2 Å². The van der Waals surface area contributed by atoms with Crippen LogP contribution < -0.4 is 0 Å². The third-order valence-electron chi connectivity index (χ3n) is 3.04. The van der Waals surface area contributed by atoms with Crippen molar-refractivity contribution in [1.29, 1.82) is 0 Å². The second-order valence-corrected chi connectivity index (χ2v) is 5.34. The summed E-state index contributed by atoms with van der Waals surface area (Å²) >= 11 is 1.69. The van der Waals surface area contributed by atoms with Gasteiger partial charge >= 0.3 is 5.97 Å². The van der Waals surface area contributed by atoms with Gasteiger partial charge in [-0.1, -0.05) is 44.4 Å². The van der Waals surface area contributed by atoms with E-state index in [1.54, 1.807) is 17.8 Å². The van der Waals surface area contributed by atoms with Gasteiger partial charge in [0.2, 0.25) is 0 Å². The molecule has 1 rings (SSSR count).